The molecule has 1 aliphatic rings. The van der Waals surface area contributed by atoms with Gasteiger partial charge in [0.25, 0.3) is 0 Å². The molecule has 0 aliphatic carbocycles. The van der Waals surface area contributed by atoms with Gasteiger partial charge in [-0.3, -0.25) is 14.1 Å². The van der Waals surface area contributed by atoms with E-state index in [0.717, 1.165) is 91.9 Å². The fraction of sp³-hybridized carbons (Fsp3) is 0.0400. The number of pyridine rings is 3. The predicted octanol–water partition coefficient (Wildman–Crippen LogP) is 12.0. The number of allylic oxidation sites excluding steroid dienone is 1. The number of para-hydroxylation sites is 2. The monoisotopic (exact) mass is 718 g/mol. The molecule has 0 atom stereocenters. The summed E-state index contributed by atoms with van der Waals surface area (Å²) in [5.74, 6) is 1.68. The molecule has 0 radical (unpaired) electrons. The highest BCUT2D eigenvalue weighted by Crippen LogP contribution is 2.39. The number of aliphatic imine (C=N–C) groups is 1. The van der Waals surface area contributed by atoms with Crippen LogP contribution in [-0.2, 0) is 0 Å². The average molecular weight is 719 g/mol. The largest absolute Gasteiger partial charge is 0.294 e. The lowest BCUT2D eigenvalue weighted by Crippen LogP contribution is -2.06. The normalized spacial score (nSPS) is 13.1. The Morgan fingerprint density at radius 3 is 1.55 bits per heavy atom. The number of fused-ring (bicyclic) bond motifs is 6. The second kappa shape index (κ2) is 13.1. The molecule has 0 spiro atoms. The van der Waals surface area contributed by atoms with E-state index in [-0.39, 0.29) is 0 Å². The quantitative estimate of drug-likeness (QED) is 0.172. The van der Waals surface area contributed by atoms with Gasteiger partial charge < -0.3 is 0 Å². The van der Waals surface area contributed by atoms with Crippen molar-refractivity contribution in [3.8, 4) is 34.3 Å². The molecule has 6 heterocycles. The van der Waals surface area contributed by atoms with Crippen LogP contribution in [0.1, 0.15) is 24.1 Å². The van der Waals surface area contributed by atoms with E-state index in [2.05, 4.69) is 149 Å². The van der Waals surface area contributed by atoms with E-state index in [0.29, 0.717) is 0 Å². The van der Waals surface area contributed by atoms with Crippen LogP contribution in [0.4, 0.5) is 0 Å². The Morgan fingerprint density at radius 1 is 0.375 bits per heavy atom. The van der Waals surface area contributed by atoms with E-state index < -0.39 is 0 Å². The van der Waals surface area contributed by atoms with Gasteiger partial charge in [-0.25, -0.2) is 15.0 Å². The highest BCUT2D eigenvalue weighted by atomic mass is 15.1. The number of hydrogen-bond donors (Lipinski definition) is 0. The Morgan fingerprint density at radius 2 is 0.893 bits per heavy atom. The van der Waals surface area contributed by atoms with Gasteiger partial charge in [-0.2, -0.15) is 0 Å². The minimum Gasteiger partial charge on any atom is -0.294 e. The highest BCUT2D eigenvalue weighted by molar-refractivity contribution is 6.19. The number of benzene rings is 5. The van der Waals surface area contributed by atoms with Gasteiger partial charge in [0.05, 0.1) is 50.5 Å². The molecule has 0 bridgehead atoms. The summed E-state index contributed by atoms with van der Waals surface area (Å²) in [4.78, 5) is 20.7. The minimum atomic E-state index is 0.817. The van der Waals surface area contributed by atoms with E-state index in [1.165, 1.54) is 21.5 Å². The van der Waals surface area contributed by atoms with Crippen LogP contribution in [0.5, 0.6) is 0 Å². The van der Waals surface area contributed by atoms with Gasteiger partial charge in [-0.15, -0.1) is 0 Å². The van der Waals surface area contributed by atoms with Crippen LogP contribution in [0, 0.1) is 0 Å². The molecular formula is C50H34N6. The number of nitrogens with zero attached hydrogens (tertiary/aromatic N) is 6. The van der Waals surface area contributed by atoms with Crippen molar-refractivity contribution in [2.75, 3.05) is 0 Å². The van der Waals surface area contributed by atoms with Gasteiger partial charge in [0.1, 0.15) is 11.6 Å². The molecule has 0 amide bonds. The summed E-state index contributed by atoms with van der Waals surface area (Å²) < 4.78 is 4.58. The van der Waals surface area contributed by atoms with Gasteiger partial charge in [0.2, 0.25) is 0 Å². The van der Waals surface area contributed by atoms with Crippen molar-refractivity contribution < 1.29 is 0 Å². The van der Waals surface area contributed by atoms with E-state index in [9.17, 15) is 0 Å². The maximum atomic E-state index is 5.31. The zero-order chi connectivity index (χ0) is 37.0. The molecular weight excluding hydrogens is 685 g/mol. The molecule has 11 rings (SSSR count). The summed E-state index contributed by atoms with van der Waals surface area (Å²) in [5, 5.41) is 4.70. The molecule has 6 heteroatoms. The molecule has 0 fully saturated rings. The zero-order valence-electron chi connectivity index (χ0n) is 30.4. The second-order valence-corrected chi connectivity index (χ2v) is 14.2. The fourth-order valence-electron chi connectivity index (χ4n) is 8.25. The summed E-state index contributed by atoms with van der Waals surface area (Å²) >= 11 is 0. The molecule has 0 N–H and O–H groups in total. The lowest BCUT2D eigenvalue weighted by molar-refractivity contribution is 1.04. The van der Waals surface area contributed by atoms with Crippen molar-refractivity contribution in [1.29, 1.82) is 0 Å². The SMILES string of the molecule is C1=C(c2cccc(-n3c4ccccc4c4cc5c6ccccc6n(-c6cccc(-c7cccc(-c8ccccc8)n7)n6)c5cc43)n2)N=C(c2ccccc2)CC1. The van der Waals surface area contributed by atoms with Crippen molar-refractivity contribution in [2.45, 2.75) is 12.8 Å². The molecule has 1 aliphatic heterocycles. The topological polar surface area (TPSA) is 60.9 Å². The van der Waals surface area contributed by atoms with Crippen LogP contribution >= 0.6 is 0 Å². The van der Waals surface area contributed by atoms with Gasteiger partial charge in [-0.05, 0) is 79.1 Å². The first-order chi connectivity index (χ1) is 27.8. The highest BCUT2D eigenvalue weighted by Gasteiger charge is 2.20. The Kier molecular flexibility index (Phi) is 7.52. The van der Waals surface area contributed by atoms with Gasteiger partial charge in [-0.1, -0.05) is 121 Å². The average Bonchev–Trinajstić information content (AvgIpc) is 3.78. The third kappa shape index (κ3) is 5.34. The molecule has 0 unspecified atom stereocenters. The number of hydrogen-bond acceptors (Lipinski definition) is 4. The van der Waals surface area contributed by atoms with Crippen LogP contribution in [-0.4, -0.2) is 29.8 Å². The van der Waals surface area contributed by atoms with E-state index >= 15 is 0 Å². The summed E-state index contributed by atoms with van der Waals surface area (Å²) in [6, 6.07) is 61.2. The summed E-state index contributed by atoms with van der Waals surface area (Å²) in [6.45, 7) is 0. The van der Waals surface area contributed by atoms with Crippen molar-refractivity contribution in [3.63, 3.8) is 0 Å². The molecule has 0 saturated heterocycles. The molecule has 10 aromatic rings. The van der Waals surface area contributed by atoms with Crippen molar-refractivity contribution in [3.05, 3.63) is 193 Å². The maximum absolute atomic E-state index is 5.31. The fourth-order valence-corrected chi connectivity index (χ4v) is 8.25. The van der Waals surface area contributed by atoms with E-state index in [1.807, 2.05) is 42.5 Å². The molecule has 6 nitrogen and oxygen atoms in total. The lowest BCUT2D eigenvalue weighted by atomic mass is 10.0. The van der Waals surface area contributed by atoms with Crippen molar-refractivity contribution >= 4 is 55.0 Å². The third-order valence-electron chi connectivity index (χ3n) is 10.8. The maximum Gasteiger partial charge on any atom is 0.138 e. The summed E-state index contributed by atoms with van der Waals surface area (Å²) in [6.07, 6.45) is 4.05. The summed E-state index contributed by atoms with van der Waals surface area (Å²) in [7, 11) is 0. The standard InChI is InChI=1S/C50H34N6/c1-3-15-33(16-4-1)39-21-11-23-41(51-39)43-25-13-29-49(53-43)55-45-27-9-7-19-35(45)37-31-38-36-20-8-10-28-46(36)56(48(38)32-47(37)55)50-30-14-26-44(54-50)42-24-12-22-40(52-42)34-17-5-2-6-18-34/h1-11,13-21,23-32H,12,22H2. The van der Waals surface area contributed by atoms with Crippen LogP contribution in [0.2, 0.25) is 0 Å². The molecule has 56 heavy (non-hydrogen) atoms. The van der Waals surface area contributed by atoms with E-state index in [1.54, 1.807) is 0 Å². The number of aromatic nitrogens is 5. The number of rotatable bonds is 6. The summed E-state index contributed by atoms with van der Waals surface area (Å²) in [5.41, 5.74) is 12.0. The molecule has 264 valence electrons. The van der Waals surface area contributed by atoms with Crippen molar-refractivity contribution in [2.24, 2.45) is 4.99 Å². The lowest BCUT2D eigenvalue weighted by Gasteiger charge is -2.14. The van der Waals surface area contributed by atoms with E-state index in [4.69, 9.17) is 19.9 Å². The molecule has 5 aromatic carbocycles. The first-order valence-electron chi connectivity index (χ1n) is 19.0. The zero-order valence-corrected chi connectivity index (χ0v) is 30.4. The molecule has 5 aromatic heterocycles. The predicted molar refractivity (Wildman–Crippen MR) is 230 cm³/mol. The Labute approximate surface area is 323 Å². The molecule has 0 saturated carbocycles. The van der Waals surface area contributed by atoms with Crippen LogP contribution in [0.3, 0.4) is 0 Å². The Hall–Kier alpha value is -7.44. The van der Waals surface area contributed by atoms with Gasteiger partial charge in [0.15, 0.2) is 0 Å². The smallest absolute Gasteiger partial charge is 0.138 e. The van der Waals surface area contributed by atoms with Crippen LogP contribution in [0.15, 0.2) is 187 Å². The second-order valence-electron chi connectivity index (χ2n) is 14.2. The Balaban J connectivity index is 1.09. The van der Waals surface area contributed by atoms with Crippen LogP contribution in [0.25, 0.3) is 83.6 Å². The van der Waals surface area contributed by atoms with Gasteiger partial charge in [0, 0.05) is 32.8 Å². The first kappa shape index (κ1) is 32.0. The minimum absolute atomic E-state index is 0.817. The first-order valence-corrected chi connectivity index (χ1v) is 19.0. The third-order valence-corrected chi connectivity index (χ3v) is 10.8. The van der Waals surface area contributed by atoms with Crippen molar-refractivity contribution in [1.82, 2.24) is 24.1 Å². The van der Waals surface area contributed by atoms with Crippen LogP contribution < -0.4 is 0 Å². The van der Waals surface area contributed by atoms with Gasteiger partial charge >= 0.3 is 0 Å². The Bertz CT molecular complexity index is 3190.